The molecule has 0 atom stereocenters. The number of nitriles is 1. The highest BCUT2D eigenvalue weighted by molar-refractivity contribution is 5.97. The lowest BCUT2D eigenvalue weighted by Crippen LogP contribution is -2.32. The summed E-state index contributed by atoms with van der Waals surface area (Å²) in [5.74, 6) is 0.847. The summed E-state index contributed by atoms with van der Waals surface area (Å²) in [6.45, 7) is 1.55. The van der Waals surface area contributed by atoms with Crippen molar-refractivity contribution in [2.75, 3.05) is 19.8 Å². The first kappa shape index (κ1) is 15.8. The van der Waals surface area contributed by atoms with Crippen LogP contribution in [0.15, 0.2) is 42.6 Å². The van der Waals surface area contributed by atoms with Crippen molar-refractivity contribution in [1.29, 1.82) is 5.26 Å². The van der Waals surface area contributed by atoms with Gasteiger partial charge in [0.1, 0.15) is 13.2 Å². The Morgan fingerprint density at radius 2 is 2.08 bits per heavy atom. The summed E-state index contributed by atoms with van der Waals surface area (Å²) in [7, 11) is 0. The Morgan fingerprint density at radius 3 is 2.88 bits per heavy atom. The van der Waals surface area contributed by atoms with Crippen molar-refractivity contribution in [2.24, 2.45) is 0 Å². The van der Waals surface area contributed by atoms with Crippen molar-refractivity contribution >= 4 is 5.91 Å². The summed E-state index contributed by atoms with van der Waals surface area (Å²) in [4.78, 5) is 18.8. The number of para-hydroxylation sites is 1. The molecule has 0 radical (unpaired) electrons. The molecule has 1 aromatic heterocycles. The Hall–Kier alpha value is -3.07. The molecule has 1 aromatic carbocycles. The van der Waals surface area contributed by atoms with Crippen LogP contribution in [0.2, 0.25) is 0 Å². The van der Waals surface area contributed by atoms with Crippen molar-refractivity contribution < 1.29 is 14.3 Å². The lowest BCUT2D eigenvalue weighted by Gasteiger charge is -2.25. The molecule has 0 N–H and O–H groups in total. The zero-order chi connectivity index (χ0) is 16.8. The second kappa shape index (κ2) is 7.47. The van der Waals surface area contributed by atoms with Crippen LogP contribution >= 0.6 is 0 Å². The minimum Gasteiger partial charge on any atom is -0.486 e. The molecular weight excluding hydrogens is 306 g/mol. The topological polar surface area (TPSA) is 75.5 Å². The average Bonchev–Trinajstić information content (AvgIpc) is 2.65. The molecule has 24 heavy (non-hydrogen) atoms. The van der Waals surface area contributed by atoms with Gasteiger partial charge in [0.25, 0.3) is 5.91 Å². The van der Waals surface area contributed by atoms with Gasteiger partial charge < -0.3 is 14.4 Å². The molecule has 6 nitrogen and oxygen atoms in total. The SMILES string of the molecule is N#CCCN(Cc1ccccn1)C(=O)c1cccc2c1OCCO2. The van der Waals surface area contributed by atoms with Crippen molar-refractivity contribution in [2.45, 2.75) is 13.0 Å². The molecule has 0 bridgehead atoms. The fourth-order valence-corrected chi connectivity index (χ4v) is 2.54. The Kier molecular flexibility index (Phi) is 4.92. The van der Waals surface area contributed by atoms with E-state index in [0.717, 1.165) is 5.69 Å². The van der Waals surface area contributed by atoms with Gasteiger partial charge in [0.2, 0.25) is 0 Å². The number of benzene rings is 1. The van der Waals surface area contributed by atoms with Crippen molar-refractivity contribution in [3.05, 3.63) is 53.9 Å². The summed E-state index contributed by atoms with van der Waals surface area (Å²) >= 11 is 0. The number of aromatic nitrogens is 1. The van der Waals surface area contributed by atoms with Crippen LogP contribution in [0.4, 0.5) is 0 Å². The molecule has 0 aliphatic carbocycles. The lowest BCUT2D eigenvalue weighted by atomic mass is 10.1. The molecule has 1 aliphatic heterocycles. The van der Waals surface area contributed by atoms with Gasteiger partial charge in [0, 0.05) is 12.7 Å². The number of amides is 1. The van der Waals surface area contributed by atoms with Gasteiger partial charge in [-0.25, -0.2) is 0 Å². The van der Waals surface area contributed by atoms with Gasteiger partial charge in [0.05, 0.1) is 30.3 Å². The maximum Gasteiger partial charge on any atom is 0.258 e. The van der Waals surface area contributed by atoms with Gasteiger partial charge in [0.15, 0.2) is 11.5 Å². The summed E-state index contributed by atoms with van der Waals surface area (Å²) in [6, 6.07) is 12.9. The van der Waals surface area contributed by atoms with Crippen LogP contribution in [0, 0.1) is 11.3 Å². The molecule has 122 valence electrons. The van der Waals surface area contributed by atoms with E-state index in [4.69, 9.17) is 14.7 Å². The van der Waals surface area contributed by atoms with E-state index < -0.39 is 0 Å². The molecular formula is C18H17N3O3. The number of rotatable bonds is 5. The van der Waals surface area contributed by atoms with E-state index in [9.17, 15) is 4.79 Å². The molecule has 0 fully saturated rings. The highest BCUT2D eigenvalue weighted by atomic mass is 16.6. The van der Waals surface area contributed by atoms with E-state index in [1.54, 1.807) is 29.3 Å². The second-order valence-electron chi connectivity index (χ2n) is 5.29. The van der Waals surface area contributed by atoms with Crippen LogP contribution in [0.25, 0.3) is 0 Å². The van der Waals surface area contributed by atoms with Gasteiger partial charge >= 0.3 is 0 Å². The number of carbonyl (C=O) groups is 1. The predicted molar refractivity (Wildman–Crippen MR) is 86.6 cm³/mol. The van der Waals surface area contributed by atoms with Gasteiger partial charge in [-0.1, -0.05) is 12.1 Å². The highest BCUT2D eigenvalue weighted by Crippen LogP contribution is 2.34. The first-order chi connectivity index (χ1) is 11.8. The molecule has 1 aliphatic rings. The van der Waals surface area contributed by atoms with Crippen LogP contribution in [0.3, 0.4) is 0 Å². The van der Waals surface area contributed by atoms with E-state index in [1.165, 1.54) is 0 Å². The van der Waals surface area contributed by atoms with Gasteiger partial charge in [-0.15, -0.1) is 0 Å². The van der Waals surface area contributed by atoms with Crippen LogP contribution in [-0.2, 0) is 6.54 Å². The highest BCUT2D eigenvalue weighted by Gasteiger charge is 2.24. The van der Waals surface area contributed by atoms with Crippen LogP contribution in [0.5, 0.6) is 11.5 Å². The molecule has 3 rings (SSSR count). The fourth-order valence-electron chi connectivity index (χ4n) is 2.54. The zero-order valence-corrected chi connectivity index (χ0v) is 13.1. The number of hydrogen-bond donors (Lipinski definition) is 0. The van der Waals surface area contributed by atoms with Gasteiger partial charge in [-0.05, 0) is 24.3 Å². The van der Waals surface area contributed by atoms with Crippen molar-refractivity contribution in [3.63, 3.8) is 0 Å². The van der Waals surface area contributed by atoms with Crippen LogP contribution in [0.1, 0.15) is 22.5 Å². The zero-order valence-electron chi connectivity index (χ0n) is 13.1. The summed E-state index contributed by atoms with van der Waals surface area (Å²) in [5.41, 5.74) is 1.21. The Labute approximate surface area is 140 Å². The maximum atomic E-state index is 13.0. The van der Waals surface area contributed by atoms with Gasteiger partial charge in [-0.2, -0.15) is 5.26 Å². The molecule has 2 heterocycles. The number of nitrogens with zero attached hydrogens (tertiary/aromatic N) is 3. The first-order valence-electron chi connectivity index (χ1n) is 7.74. The van der Waals surface area contributed by atoms with E-state index in [2.05, 4.69) is 11.1 Å². The van der Waals surface area contributed by atoms with Crippen LogP contribution in [-0.4, -0.2) is 35.5 Å². The van der Waals surface area contributed by atoms with Crippen molar-refractivity contribution in [3.8, 4) is 17.6 Å². The van der Waals surface area contributed by atoms with E-state index in [-0.39, 0.29) is 12.3 Å². The molecule has 2 aromatic rings. The fraction of sp³-hybridized carbons (Fsp3) is 0.278. The van der Waals surface area contributed by atoms with Gasteiger partial charge in [-0.3, -0.25) is 9.78 Å². The molecule has 0 saturated carbocycles. The van der Waals surface area contributed by atoms with E-state index in [1.807, 2.05) is 18.2 Å². The standard InChI is InChI=1S/C18H17N3O3/c19-8-4-10-21(13-14-5-1-2-9-20-14)18(22)15-6-3-7-16-17(15)24-12-11-23-16/h1-3,5-7,9H,4,10-13H2. The third kappa shape index (κ3) is 3.46. The Balaban J connectivity index is 1.87. The number of carbonyl (C=O) groups excluding carboxylic acids is 1. The minimum atomic E-state index is -0.196. The number of hydrogen-bond acceptors (Lipinski definition) is 5. The van der Waals surface area contributed by atoms with E-state index >= 15 is 0 Å². The number of ether oxygens (including phenoxy) is 2. The summed E-state index contributed by atoms with van der Waals surface area (Å²) in [6.07, 6.45) is 1.94. The lowest BCUT2D eigenvalue weighted by molar-refractivity contribution is 0.0734. The smallest absolute Gasteiger partial charge is 0.258 e. The number of pyridine rings is 1. The second-order valence-corrected chi connectivity index (χ2v) is 5.29. The summed E-state index contributed by atoms with van der Waals surface area (Å²) < 4.78 is 11.2. The molecule has 0 saturated heterocycles. The quantitative estimate of drug-likeness (QED) is 0.844. The van der Waals surface area contributed by atoms with Crippen molar-refractivity contribution in [1.82, 2.24) is 9.88 Å². The predicted octanol–water partition coefficient (Wildman–Crippen LogP) is 2.41. The molecule has 0 unspecified atom stereocenters. The third-order valence-corrected chi connectivity index (χ3v) is 3.66. The monoisotopic (exact) mass is 323 g/mol. The molecule has 0 spiro atoms. The van der Waals surface area contributed by atoms with E-state index in [0.29, 0.717) is 43.4 Å². The Bertz CT molecular complexity index is 756. The van der Waals surface area contributed by atoms with Crippen LogP contribution < -0.4 is 9.47 Å². The normalized spacial score (nSPS) is 12.3. The average molecular weight is 323 g/mol. The Morgan fingerprint density at radius 1 is 1.21 bits per heavy atom. The first-order valence-corrected chi connectivity index (χ1v) is 7.74. The minimum absolute atomic E-state index is 0.196. The maximum absolute atomic E-state index is 13.0. The largest absolute Gasteiger partial charge is 0.486 e. The number of fused-ring (bicyclic) bond motifs is 1. The third-order valence-electron chi connectivity index (χ3n) is 3.66. The molecule has 1 amide bonds. The summed E-state index contributed by atoms with van der Waals surface area (Å²) in [5, 5.41) is 8.88. The molecule has 6 heteroatoms.